The molecule has 0 aliphatic heterocycles. The van der Waals surface area contributed by atoms with Crippen molar-refractivity contribution in [3.8, 4) is 11.8 Å². The lowest BCUT2D eigenvalue weighted by Crippen LogP contribution is -2.34. The molecular formula is C18H24N2O4. The van der Waals surface area contributed by atoms with E-state index in [0.717, 1.165) is 5.56 Å². The second-order valence-electron chi connectivity index (χ2n) is 6.23. The standard InChI is InChI=1S/C18H24N2O4/c1-14(7-5-8-15-9-6-11-19-13-15)23-16(21)10-12-20-17(22)24-18(2,3)4/h6,9,11,13-14H,7,10,12H2,1-4H3,(H,20,22). The van der Waals surface area contributed by atoms with Gasteiger partial charge < -0.3 is 14.8 Å². The van der Waals surface area contributed by atoms with Crippen LogP contribution in [0.25, 0.3) is 0 Å². The zero-order valence-electron chi connectivity index (χ0n) is 14.6. The number of rotatable bonds is 5. The van der Waals surface area contributed by atoms with Crippen LogP contribution >= 0.6 is 0 Å². The number of pyridine rings is 1. The fourth-order valence-electron chi connectivity index (χ4n) is 1.64. The number of aromatic nitrogens is 1. The van der Waals surface area contributed by atoms with E-state index in [1.54, 1.807) is 40.1 Å². The lowest BCUT2D eigenvalue weighted by atomic mass is 10.2. The van der Waals surface area contributed by atoms with E-state index in [1.807, 2.05) is 12.1 Å². The van der Waals surface area contributed by atoms with E-state index in [-0.39, 0.29) is 25.0 Å². The average molecular weight is 332 g/mol. The van der Waals surface area contributed by atoms with Crippen molar-refractivity contribution in [1.82, 2.24) is 10.3 Å². The predicted molar refractivity (Wildman–Crippen MR) is 90.1 cm³/mol. The first-order valence-electron chi connectivity index (χ1n) is 7.81. The van der Waals surface area contributed by atoms with Gasteiger partial charge in [-0.3, -0.25) is 9.78 Å². The Morgan fingerprint density at radius 1 is 1.38 bits per heavy atom. The first-order chi connectivity index (χ1) is 11.3. The minimum Gasteiger partial charge on any atom is -0.462 e. The van der Waals surface area contributed by atoms with Gasteiger partial charge in [-0.05, 0) is 39.8 Å². The van der Waals surface area contributed by atoms with E-state index in [2.05, 4.69) is 22.1 Å². The summed E-state index contributed by atoms with van der Waals surface area (Å²) in [4.78, 5) is 27.1. The number of carbonyl (C=O) groups excluding carboxylic acids is 2. The Balaban J connectivity index is 2.23. The Morgan fingerprint density at radius 2 is 2.12 bits per heavy atom. The van der Waals surface area contributed by atoms with Gasteiger partial charge in [0.2, 0.25) is 0 Å². The molecule has 1 atom stereocenters. The minimum absolute atomic E-state index is 0.0830. The van der Waals surface area contributed by atoms with E-state index in [4.69, 9.17) is 9.47 Å². The van der Waals surface area contributed by atoms with Crippen LogP contribution in [-0.4, -0.2) is 35.3 Å². The third-order valence-corrected chi connectivity index (χ3v) is 2.61. The summed E-state index contributed by atoms with van der Waals surface area (Å²) >= 11 is 0. The molecular weight excluding hydrogens is 308 g/mol. The zero-order valence-corrected chi connectivity index (χ0v) is 14.6. The predicted octanol–water partition coefficient (Wildman–Crippen LogP) is 2.67. The molecule has 0 aromatic carbocycles. The number of alkyl carbamates (subject to hydrolysis) is 1. The van der Waals surface area contributed by atoms with Gasteiger partial charge in [0.1, 0.15) is 11.7 Å². The molecule has 0 aliphatic rings. The number of esters is 1. The fraction of sp³-hybridized carbons (Fsp3) is 0.500. The van der Waals surface area contributed by atoms with Crippen LogP contribution in [0.3, 0.4) is 0 Å². The Morgan fingerprint density at radius 3 is 2.75 bits per heavy atom. The van der Waals surface area contributed by atoms with E-state index in [9.17, 15) is 9.59 Å². The molecule has 1 rings (SSSR count). The summed E-state index contributed by atoms with van der Waals surface area (Å²) < 4.78 is 10.3. The summed E-state index contributed by atoms with van der Waals surface area (Å²) in [6.45, 7) is 7.26. The maximum atomic E-state index is 11.7. The monoisotopic (exact) mass is 332 g/mol. The van der Waals surface area contributed by atoms with Crippen molar-refractivity contribution in [3.63, 3.8) is 0 Å². The van der Waals surface area contributed by atoms with Gasteiger partial charge in [-0.25, -0.2) is 4.79 Å². The van der Waals surface area contributed by atoms with Gasteiger partial charge in [0, 0.05) is 30.9 Å². The van der Waals surface area contributed by atoms with Gasteiger partial charge in [0.05, 0.1) is 6.42 Å². The Kier molecular flexibility index (Phi) is 7.76. The van der Waals surface area contributed by atoms with Gasteiger partial charge in [0.15, 0.2) is 0 Å². The number of carbonyl (C=O) groups is 2. The number of nitrogens with zero attached hydrogens (tertiary/aromatic N) is 1. The second-order valence-corrected chi connectivity index (χ2v) is 6.23. The summed E-state index contributed by atoms with van der Waals surface area (Å²) in [5.41, 5.74) is 0.254. The van der Waals surface area contributed by atoms with Crippen LogP contribution in [0.2, 0.25) is 0 Å². The first-order valence-corrected chi connectivity index (χ1v) is 7.81. The molecule has 0 radical (unpaired) electrons. The number of amides is 1. The quantitative estimate of drug-likeness (QED) is 0.662. The molecule has 1 aromatic rings. The van der Waals surface area contributed by atoms with E-state index >= 15 is 0 Å². The molecule has 0 aliphatic carbocycles. The molecule has 1 amide bonds. The maximum Gasteiger partial charge on any atom is 0.407 e. The van der Waals surface area contributed by atoms with E-state index in [0.29, 0.717) is 6.42 Å². The molecule has 6 nitrogen and oxygen atoms in total. The molecule has 0 fully saturated rings. The summed E-state index contributed by atoms with van der Waals surface area (Å²) in [6.07, 6.45) is 3.00. The van der Waals surface area contributed by atoms with Gasteiger partial charge in [-0.2, -0.15) is 0 Å². The SMILES string of the molecule is CC(CC#Cc1cccnc1)OC(=O)CCNC(=O)OC(C)(C)C. The van der Waals surface area contributed by atoms with Gasteiger partial charge in [-0.1, -0.05) is 11.8 Å². The van der Waals surface area contributed by atoms with Gasteiger partial charge >= 0.3 is 12.1 Å². The highest BCUT2D eigenvalue weighted by Gasteiger charge is 2.16. The Hall–Kier alpha value is -2.55. The molecule has 24 heavy (non-hydrogen) atoms. The van der Waals surface area contributed by atoms with Crippen molar-refractivity contribution in [2.45, 2.75) is 52.2 Å². The highest BCUT2D eigenvalue weighted by molar-refractivity contribution is 5.72. The van der Waals surface area contributed by atoms with Crippen LogP contribution in [-0.2, 0) is 14.3 Å². The minimum atomic E-state index is -0.563. The summed E-state index contributed by atoms with van der Waals surface area (Å²) in [5.74, 6) is 5.51. The van der Waals surface area contributed by atoms with Crippen LogP contribution in [0.4, 0.5) is 4.79 Å². The Labute approximate surface area is 142 Å². The largest absolute Gasteiger partial charge is 0.462 e. The molecule has 6 heteroatoms. The van der Waals surface area contributed by atoms with Crippen LogP contribution < -0.4 is 5.32 Å². The van der Waals surface area contributed by atoms with Gasteiger partial charge in [-0.15, -0.1) is 0 Å². The molecule has 1 heterocycles. The van der Waals surface area contributed by atoms with Crippen molar-refractivity contribution in [3.05, 3.63) is 30.1 Å². The Bertz CT molecular complexity index is 597. The van der Waals surface area contributed by atoms with Crippen molar-refractivity contribution in [2.75, 3.05) is 6.54 Å². The number of ether oxygens (including phenoxy) is 2. The molecule has 0 spiro atoms. The van der Waals surface area contributed by atoms with E-state index in [1.165, 1.54) is 0 Å². The average Bonchev–Trinajstić information content (AvgIpc) is 2.46. The van der Waals surface area contributed by atoms with Crippen LogP contribution in [0, 0.1) is 11.8 Å². The summed E-state index contributed by atoms with van der Waals surface area (Å²) in [7, 11) is 0. The topological polar surface area (TPSA) is 77.5 Å². The first kappa shape index (κ1) is 19.5. The fourth-order valence-corrected chi connectivity index (χ4v) is 1.64. The van der Waals surface area contributed by atoms with Crippen molar-refractivity contribution >= 4 is 12.1 Å². The second kappa shape index (κ2) is 9.56. The third kappa shape index (κ3) is 9.46. The van der Waals surface area contributed by atoms with Crippen molar-refractivity contribution < 1.29 is 19.1 Å². The smallest absolute Gasteiger partial charge is 0.407 e. The lowest BCUT2D eigenvalue weighted by molar-refractivity contribution is -0.147. The molecule has 1 aromatic heterocycles. The summed E-state index contributed by atoms with van der Waals surface area (Å²) in [5, 5.41) is 2.51. The van der Waals surface area contributed by atoms with Crippen LogP contribution in [0.5, 0.6) is 0 Å². The van der Waals surface area contributed by atoms with Gasteiger partial charge in [0.25, 0.3) is 0 Å². The van der Waals surface area contributed by atoms with Crippen molar-refractivity contribution in [1.29, 1.82) is 0 Å². The summed E-state index contributed by atoms with van der Waals surface area (Å²) in [6, 6.07) is 3.67. The molecule has 1 N–H and O–H groups in total. The van der Waals surface area contributed by atoms with Crippen LogP contribution in [0.1, 0.15) is 46.1 Å². The molecule has 130 valence electrons. The molecule has 0 bridgehead atoms. The number of hydrogen-bond donors (Lipinski definition) is 1. The highest BCUT2D eigenvalue weighted by Crippen LogP contribution is 2.06. The molecule has 0 saturated heterocycles. The normalized spacial score (nSPS) is 11.7. The maximum absolute atomic E-state index is 11.7. The highest BCUT2D eigenvalue weighted by atomic mass is 16.6. The third-order valence-electron chi connectivity index (χ3n) is 2.61. The number of nitrogens with one attached hydrogen (secondary N) is 1. The van der Waals surface area contributed by atoms with E-state index < -0.39 is 11.7 Å². The van der Waals surface area contributed by atoms with Crippen LogP contribution in [0.15, 0.2) is 24.5 Å². The number of hydrogen-bond acceptors (Lipinski definition) is 5. The van der Waals surface area contributed by atoms with Crippen molar-refractivity contribution in [2.24, 2.45) is 0 Å². The molecule has 1 unspecified atom stereocenters. The zero-order chi connectivity index (χ0) is 18.0. The lowest BCUT2D eigenvalue weighted by Gasteiger charge is -2.19. The molecule has 0 saturated carbocycles.